The molecule has 3 aliphatic rings. The number of aliphatic hydroxyl groups is 1. The van der Waals surface area contributed by atoms with Gasteiger partial charge in [-0.25, -0.2) is 0 Å². The van der Waals surface area contributed by atoms with E-state index in [0.717, 1.165) is 24.6 Å². The molecule has 2 saturated carbocycles. The summed E-state index contributed by atoms with van der Waals surface area (Å²) in [5, 5.41) is 21.5. The van der Waals surface area contributed by atoms with E-state index in [2.05, 4.69) is 28.9 Å². The summed E-state index contributed by atoms with van der Waals surface area (Å²) in [6.07, 6.45) is 5.61. The van der Waals surface area contributed by atoms with Crippen LogP contribution in [0.5, 0.6) is 5.75 Å². The van der Waals surface area contributed by atoms with Crippen molar-refractivity contribution in [3.8, 4) is 5.75 Å². The predicted octanol–water partition coefficient (Wildman–Crippen LogP) is 4.23. The highest BCUT2D eigenvalue weighted by molar-refractivity contribution is 9.09. The van der Waals surface area contributed by atoms with Gasteiger partial charge in [0.15, 0.2) is 0 Å². The molecule has 3 aliphatic carbocycles. The first-order valence-electron chi connectivity index (χ1n) is 8.60. The third-order valence-electron chi connectivity index (χ3n) is 7.02. The maximum absolute atomic E-state index is 10.8. The Balaban J connectivity index is 1.69. The van der Waals surface area contributed by atoms with Crippen LogP contribution in [0.2, 0.25) is 0 Å². The number of hydrogen-bond acceptors (Lipinski definition) is 2. The molecule has 120 valence electrons. The first-order valence-corrected chi connectivity index (χ1v) is 9.72. The average Bonchev–Trinajstić information content (AvgIpc) is 2.78. The number of rotatable bonds is 1. The SMILES string of the molecule is C[C@]12CC[C@@H]3c4ccc(O)cc4CC[C@H]3[C@@H]1C[C@@H](CBr)[C@@H]2O. The molecule has 0 spiro atoms. The fourth-order valence-corrected chi connectivity index (χ4v) is 6.49. The van der Waals surface area contributed by atoms with E-state index in [9.17, 15) is 10.2 Å². The molecule has 3 heteroatoms. The van der Waals surface area contributed by atoms with Gasteiger partial charge >= 0.3 is 0 Å². The minimum Gasteiger partial charge on any atom is -0.508 e. The van der Waals surface area contributed by atoms with Crippen LogP contribution in [0.15, 0.2) is 18.2 Å². The number of halogens is 1. The Morgan fingerprint density at radius 1 is 1.32 bits per heavy atom. The first-order chi connectivity index (χ1) is 10.5. The Bertz CT molecular complexity index is 587. The quantitative estimate of drug-likeness (QED) is 0.732. The lowest BCUT2D eigenvalue weighted by atomic mass is 9.55. The minimum atomic E-state index is -0.154. The number of benzene rings is 1. The Morgan fingerprint density at radius 3 is 2.91 bits per heavy atom. The van der Waals surface area contributed by atoms with Gasteiger partial charge in [0.1, 0.15) is 5.75 Å². The molecule has 0 saturated heterocycles. The van der Waals surface area contributed by atoms with Crippen molar-refractivity contribution in [1.82, 2.24) is 0 Å². The number of hydrogen-bond donors (Lipinski definition) is 2. The van der Waals surface area contributed by atoms with Crippen LogP contribution in [-0.2, 0) is 6.42 Å². The first kappa shape index (κ1) is 15.0. The van der Waals surface area contributed by atoms with Crippen LogP contribution in [0.1, 0.15) is 49.7 Å². The molecule has 0 aliphatic heterocycles. The third-order valence-corrected chi connectivity index (χ3v) is 7.86. The van der Waals surface area contributed by atoms with Gasteiger partial charge < -0.3 is 10.2 Å². The van der Waals surface area contributed by atoms with Crippen molar-refractivity contribution in [2.24, 2.45) is 23.2 Å². The predicted molar refractivity (Wildman–Crippen MR) is 91.4 cm³/mol. The Morgan fingerprint density at radius 2 is 2.14 bits per heavy atom. The molecule has 22 heavy (non-hydrogen) atoms. The lowest BCUT2D eigenvalue weighted by Crippen LogP contribution is -2.44. The summed E-state index contributed by atoms with van der Waals surface area (Å²) in [6.45, 7) is 2.33. The van der Waals surface area contributed by atoms with E-state index in [1.54, 1.807) is 0 Å². The van der Waals surface area contributed by atoms with E-state index in [0.29, 0.717) is 29.4 Å². The van der Waals surface area contributed by atoms with Crippen LogP contribution in [0.25, 0.3) is 0 Å². The summed E-state index contributed by atoms with van der Waals surface area (Å²) in [4.78, 5) is 0. The number of aliphatic hydroxyl groups excluding tert-OH is 1. The summed E-state index contributed by atoms with van der Waals surface area (Å²) < 4.78 is 0. The largest absolute Gasteiger partial charge is 0.508 e. The minimum absolute atomic E-state index is 0.105. The van der Waals surface area contributed by atoms with E-state index in [4.69, 9.17) is 0 Å². The molecule has 2 N–H and O–H groups in total. The lowest BCUT2D eigenvalue weighted by Gasteiger charge is -2.50. The van der Waals surface area contributed by atoms with Gasteiger partial charge in [0, 0.05) is 5.33 Å². The molecule has 0 aromatic heterocycles. The monoisotopic (exact) mass is 364 g/mol. The van der Waals surface area contributed by atoms with Gasteiger partial charge in [-0.3, -0.25) is 0 Å². The van der Waals surface area contributed by atoms with Gasteiger partial charge in [-0.05, 0) is 84.5 Å². The van der Waals surface area contributed by atoms with Crippen LogP contribution < -0.4 is 0 Å². The number of phenolic OH excluding ortho intramolecular Hbond substituents is 1. The molecule has 0 unspecified atom stereocenters. The van der Waals surface area contributed by atoms with E-state index in [-0.39, 0.29) is 11.5 Å². The molecule has 2 fully saturated rings. The van der Waals surface area contributed by atoms with Crippen LogP contribution in [-0.4, -0.2) is 21.6 Å². The molecule has 0 radical (unpaired) electrons. The zero-order chi connectivity index (χ0) is 15.5. The van der Waals surface area contributed by atoms with E-state index < -0.39 is 0 Å². The highest BCUT2D eigenvalue weighted by atomic mass is 79.9. The number of alkyl halides is 1. The van der Waals surface area contributed by atoms with Crippen LogP contribution in [0.3, 0.4) is 0 Å². The van der Waals surface area contributed by atoms with Gasteiger partial charge in [-0.15, -0.1) is 0 Å². The van der Waals surface area contributed by atoms with Crippen molar-refractivity contribution in [2.75, 3.05) is 5.33 Å². The van der Waals surface area contributed by atoms with Gasteiger partial charge in [0.05, 0.1) is 6.10 Å². The number of fused-ring (bicyclic) bond motifs is 5. The normalized spacial score (nSPS) is 43.3. The Labute approximate surface area is 141 Å². The molecule has 1 aromatic carbocycles. The van der Waals surface area contributed by atoms with Crippen molar-refractivity contribution in [1.29, 1.82) is 0 Å². The van der Waals surface area contributed by atoms with Gasteiger partial charge in [0.2, 0.25) is 0 Å². The fraction of sp³-hybridized carbons (Fsp3) is 0.684. The summed E-state index contributed by atoms with van der Waals surface area (Å²) in [5.41, 5.74) is 2.92. The summed E-state index contributed by atoms with van der Waals surface area (Å²) in [7, 11) is 0. The number of phenols is 1. The van der Waals surface area contributed by atoms with Crippen molar-refractivity contribution < 1.29 is 10.2 Å². The second-order valence-electron chi connectivity index (χ2n) is 7.94. The van der Waals surface area contributed by atoms with Crippen LogP contribution in [0, 0.1) is 23.2 Å². The van der Waals surface area contributed by atoms with Crippen LogP contribution >= 0.6 is 15.9 Å². The summed E-state index contributed by atoms with van der Waals surface area (Å²) in [6, 6.07) is 5.96. The highest BCUT2D eigenvalue weighted by Gasteiger charge is 2.57. The molecule has 4 rings (SSSR count). The molecule has 0 bridgehead atoms. The molecular formula is C19H25BrO2. The third kappa shape index (κ3) is 2.01. The van der Waals surface area contributed by atoms with Crippen molar-refractivity contribution in [3.63, 3.8) is 0 Å². The number of aromatic hydroxyl groups is 1. The summed E-state index contributed by atoms with van der Waals surface area (Å²) >= 11 is 3.61. The van der Waals surface area contributed by atoms with Crippen molar-refractivity contribution in [3.05, 3.63) is 29.3 Å². The number of aryl methyl sites for hydroxylation is 1. The van der Waals surface area contributed by atoms with E-state index >= 15 is 0 Å². The second-order valence-corrected chi connectivity index (χ2v) is 8.59. The molecular weight excluding hydrogens is 340 g/mol. The Hall–Kier alpha value is -0.540. The van der Waals surface area contributed by atoms with E-state index in [1.807, 2.05) is 12.1 Å². The van der Waals surface area contributed by atoms with Crippen molar-refractivity contribution >= 4 is 15.9 Å². The van der Waals surface area contributed by atoms with Crippen LogP contribution in [0.4, 0.5) is 0 Å². The van der Waals surface area contributed by atoms with Gasteiger partial charge in [-0.2, -0.15) is 0 Å². The summed E-state index contributed by atoms with van der Waals surface area (Å²) in [5.74, 6) is 2.78. The standard InChI is InChI=1S/C19H25BrO2/c1-19-7-6-15-14-5-3-13(21)8-11(14)2-4-16(15)17(19)9-12(10-20)18(19)22/h3,5,8,12,15-18,21-22H,2,4,6-7,9-10H2,1H3/t12-,15+,16+,17-,18-,19-/m0/s1. The zero-order valence-electron chi connectivity index (χ0n) is 13.1. The highest BCUT2D eigenvalue weighted by Crippen LogP contribution is 2.62. The van der Waals surface area contributed by atoms with E-state index in [1.165, 1.54) is 24.0 Å². The smallest absolute Gasteiger partial charge is 0.115 e. The zero-order valence-corrected chi connectivity index (χ0v) is 14.7. The second kappa shape index (κ2) is 5.24. The Kier molecular flexibility index (Phi) is 3.58. The molecule has 0 amide bonds. The maximum Gasteiger partial charge on any atom is 0.115 e. The lowest BCUT2D eigenvalue weighted by molar-refractivity contribution is -0.0304. The molecule has 0 heterocycles. The fourth-order valence-electron chi connectivity index (χ4n) is 5.87. The van der Waals surface area contributed by atoms with Gasteiger partial charge in [0.25, 0.3) is 0 Å². The van der Waals surface area contributed by atoms with Gasteiger partial charge in [-0.1, -0.05) is 28.9 Å². The molecule has 6 atom stereocenters. The average molecular weight is 365 g/mol. The topological polar surface area (TPSA) is 40.5 Å². The molecule has 2 nitrogen and oxygen atoms in total. The molecule has 1 aromatic rings. The maximum atomic E-state index is 10.8. The van der Waals surface area contributed by atoms with Crippen molar-refractivity contribution in [2.45, 2.75) is 51.0 Å².